The summed E-state index contributed by atoms with van der Waals surface area (Å²) in [6.45, 7) is 1.88. The predicted molar refractivity (Wildman–Crippen MR) is 51.2 cm³/mol. The molecule has 0 amide bonds. The van der Waals surface area contributed by atoms with E-state index in [1.165, 1.54) is 10.5 Å². The van der Waals surface area contributed by atoms with Crippen molar-refractivity contribution in [3.63, 3.8) is 0 Å². The molecule has 1 nitrogen and oxygen atoms in total. The Labute approximate surface area is 76.8 Å². The Morgan fingerprint density at radius 2 is 2.17 bits per heavy atom. The maximum Gasteiger partial charge on any atom is 0.112 e. The SMILES string of the molecule is CC1(O)CCc2ccccc2S1. The third-order valence-electron chi connectivity index (χ3n) is 2.16. The zero-order chi connectivity index (χ0) is 8.60. The molecular weight excluding hydrogens is 168 g/mol. The molecule has 1 aromatic carbocycles. The molecule has 0 saturated heterocycles. The summed E-state index contributed by atoms with van der Waals surface area (Å²) >= 11 is 1.57. The summed E-state index contributed by atoms with van der Waals surface area (Å²) < 4.78 is 0. The molecule has 0 aliphatic carbocycles. The summed E-state index contributed by atoms with van der Waals surface area (Å²) in [6, 6.07) is 8.29. The van der Waals surface area contributed by atoms with Gasteiger partial charge in [-0.2, -0.15) is 0 Å². The molecule has 1 atom stereocenters. The van der Waals surface area contributed by atoms with Gasteiger partial charge in [0.2, 0.25) is 0 Å². The minimum absolute atomic E-state index is 0.561. The fourth-order valence-electron chi connectivity index (χ4n) is 1.46. The lowest BCUT2D eigenvalue weighted by atomic mass is 10.1. The van der Waals surface area contributed by atoms with Gasteiger partial charge in [-0.15, -0.1) is 0 Å². The lowest BCUT2D eigenvalue weighted by Crippen LogP contribution is -2.23. The number of fused-ring (bicyclic) bond motifs is 1. The van der Waals surface area contributed by atoms with E-state index in [0.29, 0.717) is 0 Å². The minimum atomic E-state index is -0.561. The van der Waals surface area contributed by atoms with E-state index in [1.807, 2.05) is 13.0 Å². The Bertz CT molecular complexity index is 294. The highest BCUT2D eigenvalue weighted by Gasteiger charge is 2.27. The highest BCUT2D eigenvalue weighted by molar-refractivity contribution is 8.00. The van der Waals surface area contributed by atoms with E-state index in [9.17, 15) is 5.11 Å². The van der Waals surface area contributed by atoms with Crippen LogP contribution >= 0.6 is 11.8 Å². The molecule has 12 heavy (non-hydrogen) atoms. The first-order valence-corrected chi connectivity index (χ1v) is 4.98. The van der Waals surface area contributed by atoms with Crippen molar-refractivity contribution < 1.29 is 5.11 Å². The molecule has 2 rings (SSSR count). The maximum absolute atomic E-state index is 9.78. The number of rotatable bonds is 0. The second-order valence-electron chi connectivity index (χ2n) is 3.38. The second kappa shape index (κ2) is 2.79. The number of thioether (sulfide) groups is 1. The molecule has 1 N–H and O–H groups in total. The number of hydrogen-bond acceptors (Lipinski definition) is 2. The number of benzene rings is 1. The van der Waals surface area contributed by atoms with Gasteiger partial charge in [0.05, 0.1) is 0 Å². The summed E-state index contributed by atoms with van der Waals surface area (Å²) in [5.74, 6) is 0. The Kier molecular flexibility index (Phi) is 1.89. The topological polar surface area (TPSA) is 20.2 Å². The van der Waals surface area contributed by atoms with Gasteiger partial charge in [-0.3, -0.25) is 0 Å². The first-order chi connectivity index (χ1) is 5.67. The molecule has 0 fully saturated rings. The fraction of sp³-hybridized carbons (Fsp3) is 0.400. The van der Waals surface area contributed by atoms with Crippen LogP contribution in [-0.4, -0.2) is 10.0 Å². The molecule has 0 bridgehead atoms. The second-order valence-corrected chi connectivity index (χ2v) is 4.91. The zero-order valence-corrected chi connectivity index (χ0v) is 7.90. The monoisotopic (exact) mass is 180 g/mol. The quantitative estimate of drug-likeness (QED) is 0.661. The van der Waals surface area contributed by atoms with E-state index in [4.69, 9.17) is 0 Å². The van der Waals surface area contributed by atoms with Crippen LogP contribution in [0.2, 0.25) is 0 Å². The summed E-state index contributed by atoms with van der Waals surface area (Å²) in [5.41, 5.74) is 1.37. The maximum atomic E-state index is 9.78. The van der Waals surface area contributed by atoms with Crippen molar-refractivity contribution in [3.05, 3.63) is 29.8 Å². The van der Waals surface area contributed by atoms with Crippen LogP contribution in [0.1, 0.15) is 18.9 Å². The van der Waals surface area contributed by atoms with Gasteiger partial charge in [0.25, 0.3) is 0 Å². The summed E-state index contributed by atoms with van der Waals surface area (Å²) in [7, 11) is 0. The van der Waals surface area contributed by atoms with Gasteiger partial charge >= 0.3 is 0 Å². The molecular formula is C10H12OS. The van der Waals surface area contributed by atoms with Crippen LogP contribution in [0, 0.1) is 0 Å². The molecule has 0 radical (unpaired) electrons. The van der Waals surface area contributed by atoms with E-state index >= 15 is 0 Å². The van der Waals surface area contributed by atoms with Gasteiger partial charge < -0.3 is 5.11 Å². The van der Waals surface area contributed by atoms with Crippen molar-refractivity contribution >= 4 is 11.8 Å². The minimum Gasteiger partial charge on any atom is -0.379 e. The number of hydrogen-bond donors (Lipinski definition) is 1. The smallest absolute Gasteiger partial charge is 0.112 e. The molecule has 2 heteroatoms. The fourth-order valence-corrected chi connectivity index (χ4v) is 2.59. The molecule has 1 aromatic rings. The average Bonchev–Trinajstić information content (AvgIpc) is 2.02. The summed E-state index contributed by atoms with van der Waals surface area (Å²) in [4.78, 5) is 0.669. The first kappa shape index (κ1) is 8.14. The van der Waals surface area contributed by atoms with Gasteiger partial charge in [-0.25, -0.2) is 0 Å². The van der Waals surface area contributed by atoms with E-state index in [1.54, 1.807) is 11.8 Å². The van der Waals surface area contributed by atoms with Gasteiger partial charge in [0, 0.05) is 4.90 Å². The van der Waals surface area contributed by atoms with Crippen molar-refractivity contribution in [1.29, 1.82) is 0 Å². The number of aryl methyl sites for hydroxylation is 1. The van der Waals surface area contributed by atoms with Gasteiger partial charge in [0.15, 0.2) is 0 Å². The van der Waals surface area contributed by atoms with Gasteiger partial charge in [0.1, 0.15) is 4.93 Å². The van der Waals surface area contributed by atoms with Crippen LogP contribution in [0.4, 0.5) is 0 Å². The molecule has 1 unspecified atom stereocenters. The lowest BCUT2D eigenvalue weighted by Gasteiger charge is -2.28. The highest BCUT2D eigenvalue weighted by atomic mass is 32.2. The van der Waals surface area contributed by atoms with Crippen LogP contribution in [0.5, 0.6) is 0 Å². The highest BCUT2D eigenvalue weighted by Crippen LogP contribution is 2.40. The van der Waals surface area contributed by atoms with Gasteiger partial charge in [-0.1, -0.05) is 30.0 Å². The number of aliphatic hydroxyl groups is 1. The third kappa shape index (κ3) is 1.50. The van der Waals surface area contributed by atoms with Crippen molar-refractivity contribution in [2.24, 2.45) is 0 Å². The van der Waals surface area contributed by atoms with Crippen LogP contribution in [0.15, 0.2) is 29.2 Å². The van der Waals surface area contributed by atoms with Crippen molar-refractivity contribution in [3.8, 4) is 0 Å². The van der Waals surface area contributed by atoms with Crippen LogP contribution in [0.3, 0.4) is 0 Å². The third-order valence-corrected chi connectivity index (χ3v) is 3.42. The van der Waals surface area contributed by atoms with E-state index in [2.05, 4.69) is 18.2 Å². The average molecular weight is 180 g/mol. The largest absolute Gasteiger partial charge is 0.379 e. The molecule has 0 saturated carbocycles. The van der Waals surface area contributed by atoms with E-state index < -0.39 is 4.93 Å². The van der Waals surface area contributed by atoms with Crippen LogP contribution in [0.25, 0.3) is 0 Å². The summed E-state index contributed by atoms with van der Waals surface area (Å²) in [5, 5.41) is 9.78. The van der Waals surface area contributed by atoms with Crippen LogP contribution < -0.4 is 0 Å². The Hall–Kier alpha value is -0.470. The standard InChI is InChI=1S/C10H12OS/c1-10(11)7-6-8-4-2-3-5-9(8)12-10/h2-5,11H,6-7H2,1H3. The van der Waals surface area contributed by atoms with E-state index in [0.717, 1.165) is 12.8 Å². The van der Waals surface area contributed by atoms with E-state index in [-0.39, 0.29) is 0 Å². The Balaban J connectivity index is 2.35. The molecule has 0 aromatic heterocycles. The molecule has 1 heterocycles. The van der Waals surface area contributed by atoms with Crippen molar-refractivity contribution in [2.45, 2.75) is 29.6 Å². The van der Waals surface area contributed by atoms with Crippen molar-refractivity contribution in [2.75, 3.05) is 0 Å². The first-order valence-electron chi connectivity index (χ1n) is 4.17. The lowest BCUT2D eigenvalue weighted by molar-refractivity contribution is 0.145. The normalized spacial score (nSPS) is 28.2. The predicted octanol–water partition coefficient (Wildman–Crippen LogP) is 2.43. The molecule has 1 aliphatic heterocycles. The molecule has 0 spiro atoms. The Morgan fingerprint density at radius 3 is 3.00 bits per heavy atom. The zero-order valence-electron chi connectivity index (χ0n) is 7.08. The molecule has 64 valence electrons. The summed E-state index contributed by atoms with van der Waals surface area (Å²) in [6.07, 6.45) is 1.85. The van der Waals surface area contributed by atoms with Gasteiger partial charge in [-0.05, 0) is 31.4 Å². The Morgan fingerprint density at radius 1 is 1.42 bits per heavy atom. The van der Waals surface area contributed by atoms with Crippen LogP contribution in [-0.2, 0) is 6.42 Å². The van der Waals surface area contributed by atoms with Crippen molar-refractivity contribution in [1.82, 2.24) is 0 Å². The molecule has 1 aliphatic rings.